The van der Waals surface area contributed by atoms with E-state index >= 15 is 0 Å². The normalized spacial score (nSPS) is 16.6. The Balaban J connectivity index is 4.34. The summed E-state index contributed by atoms with van der Waals surface area (Å²) in [6.45, 7) is 23.0. The van der Waals surface area contributed by atoms with Crippen molar-refractivity contribution in [3.63, 3.8) is 0 Å². The first-order valence-corrected chi connectivity index (χ1v) is 8.53. The monoisotopic (exact) mass is 300 g/mol. The van der Waals surface area contributed by atoms with Crippen molar-refractivity contribution in [2.45, 2.75) is 105 Å². The highest BCUT2D eigenvalue weighted by Gasteiger charge is 2.29. The van der Waals surface area contributed by atoms with Gasteiger partial charge in [0.05, 0.1) is 12.2 Å². The summed E-state index contributed by atoms with van der Waals surface area (Å²) >= 11 is 0. The van der Waals surface area contributed by atoms with Gasteiger partial charge < -0.3 is 15.4 Å². The highest BCUT2D eigenvalue weighted by Crippen LogP contribution is 2.23. The Bertz CT molecular complexity index is 285. The number of nitrogens with one attached hydrogen (secondary N) is 2. The molecule has 3 nitrogen and oxygen atoms in total. The molecule has 2 N–H and O–H groups in total. The van der Waals surface area contributed by atoms with Crippen LogP contribution in [0.15, 0.2) is 0 Å². The smallest absolute Gasteiger partial charge is 0.0641 e. The van der Waals surface area contributed by atoms with E-state index in [0.717, 1.165) is 13.0 Å². The van der Waals surface area contributed by atoms with Crippen molar-refractivity contribution < 1.29 is 4.74 Å². The fourth-order valence-electron chi connectivity index (χ4n) is 2.87. The predicted molar refractivity (Wildman–Crippen MR) is 93.9 cm³/mol. The average Bonchev–Trinajstić information content (AvgIpc) is 2.21. The number of ether oxygens (including phenoxy) is 1. The molecule has 2 atom stereocenters. The molecule has 0 heterocycles. The molecule has 0 spiro atoms. The third-order valence-corrected chi connectivity index (χ3v) is 4.03. The first-order chi connectivity index (χ1) is 9.35. The molecule has 3 heteroatoms. The highest BCUT2D eigenvalue weighted by atomic mass is 16.5. The third kappa shape index (κ3) is 9.49. The van der Waals surface area contributed by atoms with Crippen LogP contribution in [0.1, 0.15) is 75.7 Å². The van der Waals surface area contributed by atoms with Gasteiger partial charge in [0.2, 0.25) is 0 Å². The lowest BCUT2D eigenvalue weighted by atomic mass is 9.88. The summed E-state index contributed by atoms with van der Waals surface area (Å²) in [5, 5.41) is 7.18. The second-order valence-corrected chi connectivity index (χ2v) is 8.42. The molecule has 0 aliphatic carbocycles. The molecule has 0 rings (SSSR count). The zero-order chi connectivity index (χ0) is 16.8. The molecule has 2 unspecified atom stereocenters. The van der Waals surface area contributed by atoms with Crippen LogP contribution in [0.4, 0.5) is 0 Å². The van der Waals surface area contributed by atoms with E-state index in [0.29, 0.717) is 24.0 Å². The predicted octanol–water partition coefficient (Wildman–Crippen LogP) is 3.97. The molecular weight excluding hydrogens is 260 g/mol. The first kappa shape index (κ1) is 20.9. The maximum absolute atomic E-state index is 6.23. The van der Waals surface area contributed by atoms with E-state index in [9.17, 15) is 0 Å². The number of hydrogen-bond acceptors (Lipinski definition) is 3. The molecule has 0 aliphatic heterocycles. The first-order valence-electron chi connectivity index (χ1n) is 8.53. The molecule has 0 aromatic carbocycles. The van der Waals surface area contributed by atoms with Gasteiger partial charge in [-0.1, -0.05) is 34.6 Å². The van der Waals surface area contributed by atoms with Gasteiger partial charge in [-0.25, -0.2) is 0 Å². The molecule has 21 heavy (non-hydrogen) atoms. The summed E-state index contributed by atoms with van der Waals surface area (Å²) in [6, 6.07) is 1.48. The van der Waals surface area contributed by atoms with Crippen molar-refractivity contribution in [1.82, 2.24) is 10.6 Å². The van der Waals surface area contributed by atoms with E-state index in [1.54, 1.807) is 0 Å². The van der Waals surface area contributed by atoms with Gasteiger partial charge in [-0.2, -0.15) is 0 Å². The molecule has 0 fully saturated rings. The van der Waals surface area contributed by atoms with Gasteiger partial charge in [0, 0.05) is 23.7 Å². The van der Waals surface area contributed by atoms with Crippen LogP contribution in [0, 0.1) is 5.92 Å². The maximum Gasteiger partial charge on any atom is 0.0641 e. The Labute approximate surface area is 133 Å². The lowest BCUT2D eigenvalue weighted by Gasteiger charge is -2.37. The van der Waals surface area contributed by atoms with Gasteiger partial charge in [0.15, 0.2) is 0 Å². The van der Waals surface area contributed by atoms with E-state index in [2.05, 4.69) is 79.9 Å². The van der Waals surface area contributed by atoms with Crippen LogP contribution < -0.4 is 10.6 Å². The van der Waals surface area contributed by atoms with Crippen molar-refractivity contribution in [2.75, 3.05) is 6.61 Å². The van der Waals surface area contributed by atoms with Crippen molar-refractivity contribution in [1.29, 1.82) is 0 Å². The summed E-state index contributed by atoms with van der Waals surface area (Å²) in [4.78, 5) is 0. The van der Waals surface area contributed by atoms with Crippen molar-refractivity contribution in [3.8, 4) is 0 Å². The lowest BCUT2D eigenvalue weighted by molar-refractivity contribution is -0.0546. The highest BCUT2D eigenvalue weighted by molar-refractivity contribution is 4.86. The zero-order valence-corrected chi connectivity index (χ0v) is 16.1. The largest absolute Gasteiger partial charge is 0.375 e. The van der Waals surface area contributed by atoms with Crippen molar-refractivity contribution >= 4 is 0 Å². The van der Waals surface area contributed by atoms with Crippen LogP contribution in [-0.2, 0) is 4.74 Å². The standard InChI is InChI=1S/C18H40N2O/c1-13(2)19-16(6)11-17(7,8)21-12-15(5)18(9,10)20-14(3)4/h13-16,19-20H,11-12H2,1-10H3. The van der Waals surface area contributed by atoms with Gasteiger partial charge in [-0.15, -0.1) is 0 Å². The van der Waals surface area contributed by atoms with E-state index in [-0.39, 0.29) is 11.1 Å². The van der Waals surface area contributed by atoms with Crippen LogP contribution in [0.2, 0.25) is 0 Å². The van der Waals surface area contributed by atoms with Crippen LogP contribution in [0.5, 0.6) is 0 Å². The van der Waals surface area contributed by atoms with Crippen molar-refractivity contribution in [2.24, 2.45) is 5.92 Å². The Morgan fingerprint density at radius 2 is 1.38 bits per heavy atom. The fourth-order valence-corrected chi connectivity index (χ4v) is 2.87. The molecule has 0 radical (unpaired) electrons. The maximum atomic E-state index is 6.23. The van der Waals surface area contributed by atoms with Crippen molar-refractivity contribution in [3.05, 3.63) is 0 Å². The summed E-state index contributed by atoms with van der Waals surface area (Å²) in [6.07, 6.45) is 1.02. The Morgan fingerprint density at radius 3 is 1.81 bits per heavy atom. The molecule has 0 bridgehead atoms. The third-order valence-electron chi connectivity index (χ3n) is 4.03. The minimum absolute atomic E-state index is 0.0893. The van der Waals surface area contributed by atoms with Crippen LogP contribution in [-0.4, -0.2) is 35.9 Å². The quantitative estimate of drug-likeness (QED) is 0.640. The summed E-state index contributed by atoms with van der Waals surface area (Å²) in [5.41, 5.74) is -0.00444. The summed E-state index contributed by atoms with van der Waals surface area (Å²) in [5.74, 6) is 0.465. The molecule has 0 aromatic rings. The minimum atomic E-state index is -0.0938. The van der Waals surface area contributed by atoms with Gasteiger partial charge in [0.1, 0.15) is 0 Å². The second-order valence-electron chi connectivity index (χ2n) is 8.42. The Kier molecular flexibility index (Phi) is 8.45. The SMILES string of the molecule is CC(C)NC(C)CC(C)(C)OCC(C)C(C)(C)NC(C)C. The van der Waals surface area contributed by atoms with Gasteiger partial charge in [0.25, 0.3) is 0 Å². The molecule has 0 amide bonds. The molecule has 128 valence electrons. The minimum Gasteiger partial charge on any atom is -0.375 e. The fraction of sp³-hybridized carbons (Fsp3) is 1.00. The zero-order valence-electron chi connectivity index (χ0n) is 16.1. The van der Waals surface area contributed by atoms with Gasteiger partial charge in [-0.05, 0) is 47.0 Å². The van der Waals surface area contributed by atoms with Crippen LogP contribution >= 0.6 is 0 Å². The topological polar surface area (TPSA) is 33.3 Å². The van der Waals surface area contributed by atoms with Gasteiger partial charge in [-0.3, -0.25) is 0 Å². The molecule has 0 aliphatic rings. The molecule has 0 aromatic heterocycles. The van der Waals surface area contributed by atoms with E-state index in [4.69, 9.17) is 4.74 Å². The van der Waals surface area contributed by atoms with Crippen LogP contribution in [0.25, 0.3) is 0 Å². The Morgan fingerprint density at radius 1 is 0.857 bits per heavy atom. The second kappa shape index (κ2) is 8.50. The van der Waals surface area contributed by atoms with E-state index in [1.807, 2.05) is 0 Å². The lowest BCUT2D eigenvalue weighted by Crippen LogP contribution is -2.50. The summed E-state index contributed by atoms with van der Waals surface area (Å²) in [7, 11) is 0. The molecule has 0 saturated heterocycles. The van der Waals surface area contributed by atoms with E-state index < -0.39 is 0 Å². The number of hydrogen-bond donors (Lipinski definition) is 2. The molecular formula is C18H40N2O. The average molecular weight is 301 g/mol. The van der Waals surface area contributed by atoms with Gasteiger partial charge >= 0.3 is 0 Å². The Hall–Kier alpha value is -0.120. The summed E-state index contributed by atoms with van der Waals surface area (Å²) < 4.78 is 6.23. The van der Waals surface area contributed by atoms with Crippen LogP contribution in [0.3, 0.4) is 0 Å². The van der Waals surface area contributed by atoms with E-state index in [1.165, 1.54) is 0 Å². The molecule has 0 saturated carbocycles. The number of rotatable bonds is 10.